The Bertz CT molecular complexity index is 672. The standard InChI is InChI=1S/C15H12Cl2N2OS/c1-21-12-5-2-10(3-6-12)9-18-19-15(20)11-4-7-13(16)14(17)8-11/h2-9H,1H3,(H,19,20)/b18-9+. The molecule has 0 heterocycles. The Morgan fingerprint density at radius 2 is 1.86 bits per heavy atom. The lowest BCUT2D eigenvalue weighted by atomic mass is 10.2. The topological polar surface area (TPSA) is 41.5 Å². The lowest BCUT2D eigenvalue weighted by Crippen LogP contribution is -2.17. The van der Waals surface area contributed by atoms with Crippen LogP contribution in [0.1, 0.15) is 15.9 Å². The molecule has 0 unspecified atom stereocenters. The molecule has 0 aliphatic carbocycles. The molecule has 0 aliphatic heterocycles. The molecule has 0 radical (unpaired) electrons. The van der Waals surface area contributed by atoms with E-state index in [0.717, 1.165) is 5.56 Å². The van der Waals surface area contributed by atoms with Gasteiger partial charge >= 0.3 is 0 Å². The summed E-state index contributed by atoms with van der Waals surface area (Å²) in [4.78, 5) is 13.0. The van der Waals surface area contributed by atoms with Gasteiger partial charge in [0, 0.05) is 10.5 Å². The van der Waals surface area contributed by atoms with Gasteiger partial charge in [0.1, 0.15) is 0 Å². The summed E-state index contributed by atoms with van der Waals surface area (Å²) in [6, 6.07) is 12.5. The number of nitrogens with one attached hydrogen (secondary N) is 1. The van der Waals surface area contributed by atoms with Crippen molar-refractivity contribution in [2.24, 2.45) is 5.10 Å². The number of carbonyl (C=O) groups excluding carboxylic acids is 1. The van der Waals surface area contributed by atoms with E-state index in [1.165, 1.54) is 11.0 Å². The van der Waals surface area contributed by atoms with Crippen molar-refractivity contribution in [2.45, 2.75) is 4.90 Å². The molecule has 0 spiro atoms. The van der Waals surface area contributed by atoms with Crippen molar-refractivity contribution in [1.29, 1.82) is 0 Å². The van der Waals surface area contributed by atoms with Gasteiger partial charge in [0.05, 0.1) is 16.3 Å². The zero-order chi connectivity index (χ0) is 15.2. The van der Waals surface area contributed by atoms with Crippen LogP contribution in [-0.2, 0) is 0 Å². The molecule has 21 heavy (non-hydrogen) atoms. The van der Waals surface area contributed by atoms with E-state index in [1.807, 2.05) is 30.5 Å². The van der Waals surface area contributed by atoms with Gasteiger partial charge in [-0.15, -0.1) is 11.8 Å². The molecule has 1 N–H and O–H groups in total. The number of rotatable bonds is 4. The Hall–Kier alpha value is -1.49. The van der Waals surface area contributed by atoms with Gasteiger partial charge in [-0.2, -0.15) is 5.10 Å². The van der Waals surface area contributed by atoms with Crippen molar-refractivity contribution < 1.29 is 4.79 Å². The fourth-order valence-electron chi connectivity index (χ4n) is 1.56. The van der Waals surface area contributed by atoms with E-state index in [0.29, 0.717) is 15.6 Å². The quantitative estimate of drug-likeness (QED) is 0.507. The number of halogens is 2. The number of hydrogen-bond donors (Lipinski definition) is 1. The predicted molar refractivity (Wildman–Crippen MR) is 89.7 cm³/mol. The van der Waals surface area contributed by atoms with Gasteiger partial charge < -0.3 is 0 Å². The van der Waals surface area contributed by atoms with E-state index in [9.17, 15) is 4.79 Å². The lowest BCUT2D eigenvalue weighted by Gasteiger charge is -2.02. The molecular formula is C15H12Cl2N2OS. The van der Waals surface area contributed by atoms with Crippen LogP contribution in [0.2, 0.25) is 10.0 Å². The minimum Gasteiger partial charge on any atom is -0.267 e. The average molecular weight is 339 g/mol. The highest BCUT2D eigenvalue weighted by molar-refractivity contribution is 7.98. The van der Waals surface area contributed by atoms with Gasteiger partial charge in [-0.05, 0) is 42.2 Å². The smallest absolute Gasteiger partial charge is 0.267 e. The number of carbonyl (C=O) groups is 1. The first-order chi connectivity index (χ1) is 10.1. The molecule has 2 rings (SSSR count). The molecular weight excluding hydrogens is 327 g/mol. The average Bonchev–Trinajstić information content (AvgIpc) is 2.50. The molecule has 108 valence electrons. The van der Waals surface area contributed by atoms with E-state index in [4.69, 9.17) is 23.2 Å². The van der Waals surface area contributed by atoms with Crippen molar-refractivity contribution in [3.63, 3.8) is 0 Å². The first-order valence-electron chi connectivity index (χ1n) is 6.02. The van der Waals surface area contributed by atoms with Crippen molar-refractivity contribution in [3.05, 3.63) is 63.6 Å². The fourth-order valence-corrected chi connectivity index (χ4v) is 2.26. The van der Waals surface area contributed by atoms with E-state index in [2.05, 4.69) is 10.5 Å². The Morgan fingerprint density at radius 1 is 1.14 bits per heavy atom. The molecule has 0 aliphatic rings. The predicted octanol–water partition coefficient (Wildman–Crippen LogP) is 4.48. The molecule has 0 bridgehead atoms. The maximum atomic E-state index is 11.9. The third kappa shape index (κ3) is 4.49. The summed E-state index contributed by atoms with van der Waals surface area (Å²) in [6.45, 7) is 0. The summed E-state index contributed by atoms with van der Waals surface area (Å²) in [5.41, 5.74) is 3.75. The maximum Gasteiger partial charge on any atom is 0.271 e. The van der Waals surface area contributed by atoms with Crippen LogP contribution in [0.15, 0.2) is 52.5 Å². The second-order valence-corrected chi connectivity index (χ2v) is 5.80. The van der Waals surface area contributed by atoms with E-state index < -0.39 is 0 Å². The highest BCUT2D eigenvalue weighted by atomic mass is 35.5. The minimum absolute atomic E-state index is 0.334. The van der Waals surface area contributed by atoms with Gasteiger partial charge in [0.15, 0.2) is 0 Å². The number of hydrogen-bond acceptors (Lipinski definition) is 3. The SMILES string of the molecule is CSc1ccc(/C=N/NC(=O)c2ccc(Cl)c(Cl)c2)cc1. The maximum absolute atomic E-state index is 11.9. The molecule has 2 aromatic rings. The van der Waals surface area contributed by atoms with Crippen LogP contribution in [0, 0.1) is 0 Å². The molecule has 0 saturated carbocycles. The summed E-state index contributed by atoms with van der Waals surface area (Å²) in [6.07, 6.45) is 3.60. The van der Waals surface area contributed by atoms with Gasteiger partial charge in [-0.25, -0.2) is 5.43 Å². The van der Waals surface area contributed by atoms with Crippen LogP contribution >= 0.6 is 35.0 Å². The van der Waals surface area contributed by atoms with E-state index in [-0.39, 0.29) is 5.91 Å². The van der Waals surface area contributed by atoms with Crippen LogP contribution in [-0.4, -0.2) is 18.4 Å². The van der Waals surface area contributed by atoms with Crippen LogP contribution in [0.3, 0.4) is 0 Å². The summed E-state index contributed by atoms with van der Waals surface area (Å²) in [5.74, 6) is -0.342. The van der Waals surface area contributed by atoms with Crippen LogP contribution in [0.4, 0.5) is 0 Å². The summed E-state index contributed by atoms with van der Waals surface area (Å²) >= 11 is 13.3. The van der Waals surface area contributed by atoms with Crippen LogP contribution in [0.25, 0.3) is 0 Å². The van der Waals surface area contributed by atoms with Crippen molar-refractivity contribution in [3.8, 4) is 0 Å². The van der Waals surface area contributed by atoms with Crippen molar-refractivity contribution >= 4 is 47.1 Å². The molecule has 0 atom stereocenters. The summed E-state index contributed by atoms with van der Waals surface area (Å²) < 4.78 is 0. The molecule has 0 saturated heterocycles. The second-order valence-electron chi connectivity index (χ2n) is 4.10. The number of nitrogens with zero attached hydrogens (tertiary/aromatic N) is 1. The third-order valence-electron chi connectivity index (χ3n) is 2.68. The molecule has 0 fully saturated rings. The zero-order valence-electron chi connectivity index (χ0n) is 11.1. The number of thioether (sulfide) groups is 1. The normalized spacial score (nSPS) is 10.8. The Kier molecular flexibility index (Phi) is 5.67. The number of hydrazone groups is 1. The highest BCUT2D eigenvalue weighted by Crippen LogP contribution is 2.22. The summed E-state index contributed by atoms with van der Waals surface area (Å²) in [5, 5.41) is 4.66. The zero-order valence-corrected chi connectivity index (χ0v) is 13.5. The van der Waals surface area contributed by atoms with Gasteiger partial charge in [-0.3, -0.25) is 4.79 Å². The summed E-state index contributed by atoms with van der Waals surface area (Å²) in [7, 11) is 0. The highest BCUT2D eigenvalue weighted by Gasteiger charge is 2.06. The molecule has 0 aromatic heterocycles. The Labute approximate surface area is 137 Å². The first kappa shape index (κ1) is 15.9. The Morgan fingerprint density at radius 3 is 2.48 bits per heavy atom. The monoisotopic (exact) mass is 338 g/mol. The first-order valence-corrected chi connectivity index (χ1v) is 8.01. The molecule has 2 aromatic carbocycles. The van der Waals surface area contributed by atoms with Crippen molar-refractivity contribution in [1.82, 2.24) is 5.43 Å². The van der Waals surface area contributed by atoms with Crippen molar-refractivity contribution in [2.75, 3.05) is 6.26 Å². The van der Waals surface area contributed by atoms with E-state index in [1.54, 1.807) is 30.1 Å². The van der Waals surface area contributed by atoms with Crippen LogP contribution < -0.4 is 5.43 Å². The van der Waals surface area contributed by atoms with Crippen LogP contribution in [0.5, 0.6) is 0 Å². The second kappa shape index (κ2) is 7.50. The van der Waals surface area contributed by atoms with E-state index >= 15 is 0 Å². The lowest BCUT2D eigenvalue weighted by molar-refractivity contribution is 0.0955. The van der Waals surface area contributed by atoms with Gasteiger partial charge in [0.2, 0.25) is 0 Å². The largest absolute Gasteiger partial charge is 0.271 e. The Balaban J connectivity index is 1.99. The minimum atomic E-state index is -0.342. The molecule has 1 amide bonds. The third-order valence-corrected chi connectivity index (χ3v) is 4.16. The number of benzene rings is 2. The number of amides is 1. The van der Waals surface area contributed by atoms with Gasteiger partial charge in [-0.1, -0.05) is 35.3 Å². The fraction of sp³-hybridized carbons (Fsp3) is 0.0667. The van der Waals surface area contributed by atoms with Gasteiger partial charge in [0.25, 0.3) is 5.91 Å². The molecule has 6 heteroatoms. The molecule has 3 nitrogen and oxygen atoms in total.